The van der Waals surface area contributed by atoms with E-state index < -0.39 is 11.9 Å². The summed E-state index contributed by atoms with van der Waals surface area (Å²) in [7, 11) is 1.31. The zero-order valence-corrected chi connectivity index (χ0v) is 11.6. The van der Waals surface area contributed by atoms with E-state index in [2.05, 4.69) is 0 Å². The van der Waals surface area contributed by atoms with Crippen molar-refractivity contribution in [2.45, 2.75) is 25.0 Å². The predicted octanol–water partition coefficient (Wildman–Crippen LogP) is 1.05. The third kappa shape index (κ3) is 3.06. The first kappa shape index (κ1) is 14.0. The molecule has 6 nitrogen and oxygen atoms in total. The van der Waals surface area contributed by atoms with E-state index in [0.717, 1.165) is 0 Å². The van der Waals surface area contributed by atoms with Gasteiger partial charge >= 0.3 is 11.9 Å². The second-order valence-electron chi connectivity index (χ2n) is 5.23. The third-order valence-corrected chi connectivity index (χ3v) is 3.74. The van der Waals surface area contributed by atoms with Crippen molar-refractivity contribution in [2.24, 2.45) is 0 Å². The van der Waals surface area contributed by atoms with Crippen LogP contribution in [0.15, 0.2) is 12.1 Å². The molecule has 6 heteroatoms. The molecule has 1 N–H and O–H groups in total. The normalized spacial score (nSPS) is 22.7. The number of carboxylic acids is 1. The molecular weight excluding hydrogens is 276 g/mol. The van der Waals surface area contributed by atoms with Gasteiger partial charge in [0.15, 0.2) is 0 Å². The lowest BCUT2D eigenvalue weighted by Crippen LogP contribution is -2.16. The van der Waals surface area contributed by atoms with Crippen LogP contribution in [0.4, 0.5) is 0 Å². The molecule has 0 bridgehead atoms. The molecule has 2 fully saturated rings. The SMILES string of the molecule is COC(=O)c1ccc(C(=O)O)c(CC2CO2)c1CC1CO1. The van der Waals surface area contributed by atoms with Crippen LogP contribution in [0.3, 0.4) is 0 Å². The van der Waals surface area contributed by atoms with Gasteiger partial charge in [-0.25, -0.2) is 9.59 Å². The monoisotopic (exact) mass is 292 g/mol. The van der Waals surface area contributed by atoms with Gasteiger partial charge in [-0.1, -0.05) is 0 Å². The van der Waals surface area contributed by atoms with E-state index in [-0.39, 0.29) is 17.8 Å². The first-order chi connectivity index (χ1) is 10.1. The summed E-state index contributed by atoms with van der Waals surface area (Å²) in [6.45, 7) is 1.26. The Labute approximate surface area is 121 Å². The number of carbonyl (C=O) groups is 2. The van der Waals surface area contributed by atoms with E-state index in [0.29, 0.717) is 42.7 Å². The van der Waals surface area contributed by atoms with E-state index in [4.69, 9.17) is 14.2 Å². The van der Waals surface area contributed by atoms with Crippen LogP contribution in [-0.4, -0.2) is 49.6 Å². The number of rotatable bonds is 6. The molecule has 0 radical (unpaired) electrons. The highest BCUT2D eigenvalue weighted by Gasteiger charge is 2.32. The summed E-state index contributed by atoms with van der Waals surface area (Å²) in [5.41, 5.74) is 1.99. The number of carboxylic acid groups (broad SMARTS) is 1. The van der Waals surface area contributed by atoms with E-state index in [9.17, 15) is 14.7 Å². The molecular formula is C15H16O6. The summed E-state index contributed by atoms with van der Waals surface area (Å²) >= 11 is 0. The van der Waals surface area contributed by atoms with Crippen LogP contribution in [0, 0.1) is 0 Å². The standard InChI is InChI=1S/C15H16O6/c1-19-15(18)11-3-2-10(14(16)17)12(4-8-6-20-8)13(11)5-9-7-21-9/h2-3,8-9H,4-7H2,1H3,(H,16,17). The molecule has 2 aliphatic heterocycles. The molecule has 0 saturated carbocycles. The quantitative estimate of drug-likeness (QED) is 0.623. The molecule has 0 aromatic heterocycles. The minimum absolute atomic E-state index is 0.0369. The molecule has 1 aromatic rings. The molecule has 2 atom stereocenters. The van der Waals surface area contributed by atoms with Crippen LogP contribution < -0.4 is 0 Å². The Hall–Kier alpha value is -1.92. The predicted molar refractivity (Wildman–Crippen MR) is 71.6 cm³/mol. The molecule has 2 heterocycles. The van der Waals surface area contributed by atoms with Crippen molar-refractivity contribution >= 4 is 11.9 Å². The van der Waals surface area contributed by atoms with Gasteiger partial charge in [0.05, 0.1) is 43.7 Å². The molecule has 3 rings (SSSR count). The van der Waals surface area contributed by atoms with Gasteiger partial charge in [0, 0.05) is 12.8 Å². The first-order valence-corrected chi connectivity index (χ1v) is 6.79. The van der Waals surface area contributed by atoms with Gasteiger partial charge < -0.3 is 19.3 Å². The molecule has 1 aromatic carbocycles. The Morgan fingerprint density at radius 3 is 2.05 bits per heavy atom. The van der Waals surface area contributed by atoms with Crippen LogP contribution in [0.1, 0.15) is 31.8 Å². The summed E-state index contributed by atoms with van der Waals surface area (Å²) in [4.78, 5) is 23.4. The van der Waals surface area contributed by atoms with Gasteiger partial charge in [-0.15, -0.1) is 0 Å². The summed E-state index contributed by atoms with van der Waals surface area (Å²) < 4.78 is 15.2. The highest BCUT2D eigenvalue weighted by atomic mass is 16.6. The molecule has 21 heavy (non-hydrogen) atoms. The number of hydrogen-bond donors (Lipinski definition) is 1. The minimum Gasteiger partial charge on any atom is -0.478 e. The number of benzene rings is 1. The number of carbonyl (C=O) groups excluding carboxylic acids is 1. The van der Waals surface area contributed by atoms with E-state index in [1.165, 1.54) is 19.2 Å². The summed E-state index contributed by atoms with van der Waals surface area (Å²) in [6, 6.07) is 2.98. The second kappa shape index (κ2) is 5.46. The highest BCUT2D eigenvalue weighted by molar-refractivity contribution is 5.95. The van der Waals surface area contributed by atoms with E-state index in [1.54, 1.807) is 0 Å². The van der Waals surface area contributed by atoms with Gasteiger partial charge in [0.1, 0.15) is 0 Å². The van der Waals surface area contributed by atoms with Crippen molar-refractivity contribution in [3.63, 3.8) is 0 Å². The number of aromatic carboxylic acids is 1. The zero-order valence-electron chi connectivity index (χ0n) is 11.6. The molecule has 112 valence electrons. The summed E-state index contributed by atoms with van der Waals surface area (Å²) in [5.74, 6) is -1.46. The molecule has 2 aliphatic rings. The van der Waals surface area contributed by atoms with Crippen molar-refractivity contribution < 1.29 is 28.9 Å². The Balaban J connectivity index is 2.07. The maximum absolute atomic E-state index is 11.9. The van der Waals surface area contributed by atoms with Gasteiger partial charge in [0.25, 0.3) is 0 Å². The van der Waals surface area contributed by atoms with Gasteiger partial charge in [-0.05, 0) is 23.3 Å². The zero-order chi connectivity index (χ0) is 15.0. The van der Waals surface area contributed by atoms with Crippen LogP contribution in [0.25, 0.3) is 0 Å². The Bertz CT molecular complexity index is 586. The topological polar surface area (TPSA) is 88.7 Å². The molecule has 2 saturated heterocycles. The number of methoxy groups -OCH3 is 1. The Morgan fingerprint density at radius 1 is 1.14 bits per heavy atom. The van der Waals surface area contributed by atoms with Gasteiger partial charge in [0.2, 0.25) is 0 Å². The first-order valence-electron chi connectivity index (χ1n) is 6.79. The van der Waals surface area contributed by atoms with Gasteiger partial charge in [-0.3, -0.25) is 0 Å². The lowest BCUT2D eigenvalue weighted by molar-refractivity contribution is 0.0596. The van der Waals surface area contributed by atoms with Crippen molar-refractivity contribution in [3.05, 3.63) is 34.4 Å². The van der Waals surface area contributed by atoms with Crippen molar-refractivity contribution in [2.75, 3.05) is 20.3 Å². The average Bonchev–Trinajstić information content (AvgIpc) is 3.33. The Morgan fingerprint density at radius 2 is 1.62 bits per heavy atom. The van der Waals surface area contributed by atoms with Crippen LogP contribution in [0.2, 0.25) is 0 Å². The van der Waals surface area contributed by atoms with Crippen molar-refractivity contribution in [3.8, 4) is 0 Å². The van der Waals surface area contributed by atoms with E-state index >= 15 is 0 Å². The Kier molecular flexibility index (Phi) is 3.65. The molecule has 0 aliphatic carbocycles. The smallest absolute Gasteiger partial charge is 0.338 e. The van der Waals surface area contributed by atoms with Crippen LogP contribution >= 0.6 is 0 Å². The highest BCUT2D eigenvalue weighted by Crippen LogP contribution is 2.29. The largest absolute Gasteiger partial charge is 0.478 e. The van der Waals surface area contributed by atoms with Crippen molar-refractivity contribution in [1.82, 2.24) is 0 Å². The molecule has 0 amide bonds. The fourth-order valence-electron chi connectivity index (χ4n) is 2.49. The fourth-order valence-corrected chi connectivity index (χ4v) is 2.49. The van der Waals surface area contributed by atoms with Crippen LogP contribution in [0.5, 0.6) is 0 Å². The lowest BCUT2D eigenvalue weighted by Gasteiger charge is -2.15. The maximum Gasteiger partial charge on any atom is 0.338 e. The van der Waals surface area contributed by atoms with Gasteiger partial charge in [-0.2, -0.15) is 0 Å². The van der Waals surface area contributed by atoms with Crippen molar-refractivity contribution in [1.29, 1.82) is 0 Å². The number of ether oxygens (including phenoxy) is 3. The number of epoxide rings is 2. The summed E-state index contributed by atoms with van der Waals surface area (Å²) in [6.07, 6.45) is 1.11. The second-order valence-corrected chi connectivity index (χ2v) is 5.23. The fraction of sp³-hybridized carbons (Fsp3) is 0.467. The van der Waals surface area contributed by atoms with Crippen LogP contribution in [-0.2, 0) is 27.1 Å². The molecule has 2 unspecified atom stereocenters. The minimum atomic E-state index is -1.000. The maximum atomic E-state index is 11.9. The molecule has 0 spiro atoms. The average molecular weight is 292 g/mol. The lowest BCUT2D eigenvalue weighted by atomic mass is 9.90. The number of esters is 1. The van der Waals surface area contributed by atoms with E-state index in [1.807, 2.05) is 0 Å². The summed E-state index contributed by atoms with van der Waals surface area (Å²) in [5, 5.41) is 9.37. The number of hydrogen-bond acceptors (Lipinski definition) is 5. The third-order valence-electron chi connectivity index (χ3n) is 3.74.